The summed E-state index contributed by atoms with van der Waals surface area (Å²) in [6, 6.07) is 0. The van der Waals surface area contributed by atoms with Crippen molar-refractivity contribution in [1.29, 1.82) is 0 Å². The summed E-state index contributed by atoms with van der Waals surface area (Å²) < 4.78 is 113. The van der Waals surface area contributed by atoms with Crippen molar-refractivity contribution in [3.8, 4) is 11.1 Å². The lowest BCUT2D eigenvalue weighted by atomic mass is 10.0. The molecule has 0 bridgehead atoms. The summed E-state index contributed by atoms with van der Waals surface area (Å²) >= 11 is 0. The maximum Gasteiger partial charge on any atom is 0.185 e. The summed E-state index contributed by atoms with van der Waals surface area (Å²) in [5.74, 6) is -18.0. The molecule has 150 valence electrons. The van der Waals surface area contributed by atoms with Crippen molar-refractivity contribution in [1.82, 2.24) is 0 Å². The normalized spacial score (nSPS) is 10.6. The fourth-order valence-electron chi connectivity index (χ4n) is 1.94. The molecule has 3 nitrogen and oxygen atoms in total. The van der Waals surface area contributed by atoms with Crippen molar-refractivity contribution in [2.75, 3.05) is 24.7 Å². The highest BCUT2D eigenvalue weighted by Gasteiger charge is 2.32. The second-order valence-electron chi connectivity index (χ2n) is 4.87. The van der Waals surface area contributed by atoms with Crippen molar-refractivity contribution in [2.45, 2.75) is 13.8 Å². The molecule has 0 amide bonds. The van der Waals surface area contributed by atoms with Gasteiger partial charge in [0.1, 0.15) is 11.4 Å². The van der Waals surface area contributed by atoms with Gasteiger partial charge in [0.05, 0.1) is 11.1 Å². The lowest BCUT2D eigenvalue weighted by Gasteiger charge is -2.13. The standard InChI is InChI=1S/C12H4F8N2.C4H10O/c13-3-1(4(14)8(18)11(21)7(3)17)2-5(15)9(19)12(22)10(20)6(2)16;1-3-5-4-2/h21-22H2;3-4H2,1-2H3. The number of benzene rings is 2. The van der Waals surface area contributed by atoms with E-state index in [0.29, 0.717) is 0 Å². The Hall–Kier alpha value is -2.56. The lowest BCUT2D eigenvalue weighted by molar-refractivity contribution is 0.162. The molecular weight excluding hydrogens is 388 g/mol. The van der Waals surface area contributed by atoms with E-state index in [2.05, 4.69) is 0 Å². The molecule has 0 saturated heterocycles. The SMILES string of the molecule is CCOCC.Nc1c(F)c(F)c(-c2c(F)c(F)c(N)c(F)c2F)c(F)c1F. The molecule has 11 heteroatoms. The number of anilines is 2. The van der Waals surface area contributed by atoms with Crippen LogP contribution in [0.2, 0.25) is 0 Å². The van der Waals surface area contributed by atoms with E-state index in [-0.39, 0.29) is 0 Å². The van der Waals surface area contributed by atoms with Crippen molar-refractivity contribution in [2.24, 2.45) is 0 Å². The summed E-state index contributed by atoms with van der Waals surface area (Å²) in [5, 5.41) is 0. The first-order valence-electron chi connectivity index (χ1n) is 7.33. The Balaban J connectivity index is 0.000000646. The van der Waals surface area contributed by atoms with E-state index >= 15 is 0 Å². The van der Waals surface area contributed by atoms with Gasteiger partial charge in [0.25, 0.3) is 0 Å². The van der Waals surface area contributed by atoms with Crippen LogP contribution in [-0.2, 0) is 4.74 Å². The van der Waals surface area contributed by atoms with Crippen molar-refractivity contribution < 1.29 is 39.9 Å². The zero-order valence-electron chi connectivity index (χ0n) is 14.0. The summed E-state index contributed by atoms with van der Waals surface area (Å²) in [5.41, 5.74) is 2.23. The second kappa shape index (κ2) is 8.89. The number of hydrogen-bond acceptors (Lipinski definition) is 3. The monoisotopic (exact) mass is 402 g/mol. The highest BCUT2D eigenvalue weighted by Crippen LogP contribution is 2.39. The van der Waals surface area contributed by atoms with Crippen LogP contribution in [0.5, 0.6) is 0 Å². The van der Waals surface area contributed by atoms with Gasteiger partial charge in [0.2, 0.25) is 0 Å². The molecule has 27 heavy (non-hydrogen) atoms. The molecule has 0 saturated carbocycles. The molecule has 2 aromatic carbocycles. The quantitative estimate of drug-likeness (QED) is 0.446. The number of ether oxygens (including phenoxy) is 1. The number of nitrogen functional groups attached to an aromatic ring is 2. The van der Waals surface area contributed by atoms with Crippen LogP contribution >= 0.6 is 0 Å². The maximum atomic E-state index is 13.6. The first-order chi connectivity index (χ1) is 12.5. The zero-order valence-corrected chi connectivity index (χ0v) is 14.0. The fraction of sp³-hybridized carbons (Fsp3) is 0.250. The van der Waals surface area contributed by atoms with Crippen LogP contribution in [0.4, 0.5) is 46.5 Å². The topological polar surface area (TPSA) is 61.3 Å². The van der Waals surface area contributed by atoms with Gasteiger partial charge in [-0.3, -0.25) is 0 Å². The Morgan fingerprint density at radius 2 is 0.741 bits per heavy atom. The molecule has 0 aliphatic heterocycles. The Bertz CT molecular complexity index is 730. The van der Waals surface area contributed by atoms with Gasteiger partial charge < -0.3 is 16.2 Å². The van der Waals surface area contributed by atoms with Gasteiger partial charge in [-0.2, -0.15) is 0 Å². The lowest BCUT2D eigenvalue weighted by Crippen LogP contribution is -2.10. The van der Waals surface area contributed by atoms with Crippen LogP contribution in [0.1, 0.15) is 13.8 Å². The van der Waals surface area contributed by atoms with E-state index in [1.165, 1.54) is 0 Å². The average molecular weight is 402 g/mol. The minimum absolute atomic E-state index is 0.844. The molecule has 0 aliphatic carbocycles. The average Bonchev–Trinajstić information content (AvgIpc) is 2.65. The third-order valence-electron chi connectivity index (χ3n) is 3.25. The first-order valence-corrected chi connectivity index (χ1v) is 7.33. The summed E-state index contributed by atoms with van der Waals surface area (Å²) in [7, 11) is 0. The third-order valence-corrected chi connectivity index (χ3v) is 3.25. The van der Waals surface area contributed by atoms with Crippen LogP contribution in [0.15, 0.2) is 0 Å². The molecule has 0 radical (unpaired) electrons. The highest BCUT2D eigenvalue weighted by atomic mass is 19.2. The highest BCUT2D eigenvalue weighted by molar-refractivity contribution is 5.71. The molecule has 2 rings (SSSR count). The Labute approximate surface area is 148 Å². The molecule has 0 fully saturated rings. The summed E-state index contributed by atoms with van der Waals surface area (Å²) in [6.45, 7) is 5.67. The second-order valence-corrected chi connectivity index (χ2v) is 4.87. The van der Waals surface area contributed by atoms with Crippen molar-refractivity contribution in [3.05, 3.63) is 46.5 Å². The van der Waals surface area contributed by atoms with Crippen molar-refractivity contribution in [3.63, 3.8) is 0 Å². The van der Waals surface area contributed by atoms with Gasteiger partial charge in [-0.15, -0.1) is 0 Å². The van der Waals surface area contributed by atoms with Crippen molar-refractivity contribution >= 4 is 11.4 Å². The van der Waals surface area contributed by atoms with Gasteiger partial charge in [0.15, 0.2) is 46.5 Å². The summed E-state index contributed by atoms with van der Waals surface area (Å²) in [4.78, 5) is 0. The predicted octanol–water partition coefficient (Wildman–Crippen LogP) is 4.67. The van der Waals surface area contributed by atoms with Gasteiger partial charge in [-0.1, -0.05) is 0 Å². The van der Waals surface area contributed by atoms with Gasteiger partial charge >= 0.3 is 0 Å². The molecule has 0 heterocycles. The van der Waals surface area contributed by atoms with Crippen LogP contribution in [-0.4, -0.2) is 13.2 Å². The number of nitrogens with two attached hydrogens (primary N) is 2. The minimum atomic E-state index is -2.32. The fourth-order valence-corrected chi connectivity index (χ4v) is 1.94. The number of hydrogen-bond donors (Lipinski definition) is 2. The van der Waals surface area contributed by atoms with Crippen LogP contribution < -0.4 is 11.5 Å². The Kier molecular flexibility index (Phi) is 7.40. The van der Waals surface area contributed by atoms with E-state index in [1.807, 2.05) is 13.8 Å². The predicted molar refractivity (Wildman–Crippen MR) is 82.5 cm³/mol. The van der Waals surface area contributed by atoms with Gasteiger partial charge in [-0.25, -0.2) is 35.1 Å². The molecule has 2 aromatic rings. The number of rotatable bonds is 3. The molecular formula is C16H14F8N2O. The molecule has 0 atom stereocenters. The van der Waals surface area contributed by atoms with E-state index in [9.17, 15) is 35.1 Å². The minimum Gasteiger partial charge on any atom is -0.394 e. The van der Waals surface area contributed by atoms with E-state index < -0.39 is 69.0 Å². The van der Waals surface area contributed by atoms with Crippen LogP contribution in [0, 0.1) is 46.5 Å². The van der Waals surface area contributed by atoms with E-state index in [0.717, 1.165) is 13.2 Å². The molecule has 0 spiro atoms. The largest absolute Gasteiger partial charge is 0.394 e. The van der Waals surface area contributed by atoms with Crippen LogP contribution in [0.3, 0.4) is 0 Å². The molecule has 0 aliphatic rings. The molecule has 0 unspecified atom stereocenters. The molecule has 4 N–H and O–H groups in total. The van der Waals surface area contributed by atoms with Gasteiger partial charge in [-0.05, 0) is 13.8 Å². The molecule has 0 aromatic heterocycles. The smallest absolute Gasteiger partial charge is 0.185 e. The van der Waals surface area contributed by atoms with Gasteiger partial charge in [0, 0.05) is 13.2 Å². The number of halogens is 8. The van der Waals surface area contributed by atoms with E-state index in [4.69, 9.17) is 16.2 Å². The van der Waals surface area contributed by atoms with E-state index in [1.54, 1.807) is 0 Å². The Morgan fingerprint density at radius 3 is 0.889 bits per heavy atom. The maximum absolute atomic E-state index is 13.6. The summed E-state index contributed by atoms with van der Waals surface area (Å²) in [6.07, 6.45) is 0. The third kappa shape index (κ3) is 4.07. The first kappa shape index (κ1) is 22.5. The van der Waals surface area contributed by atoms with Crippen LogP contribution in [0.25, 0.3) is 11.1 Å². The zero-order chi connectivity index (χ0) is 21.0. The Morgan fingerprint density at radius 1 is 0.519 bits per heavy atom.